The van der Waals surface area contributed by atoms with Crippen LogP contribution in [0.5, 0.6) is 0 Å². The Morgan fingerprint density at radius 2 is 1.84 bits per heavy atom. The van der Waals surface area contributed by atoms with Crippen molar-refractivity contribution in [3.05, 3.63) is 64.7 Å². The maximum atomic E-state index is 6.27. The van der Waals surface area contributed by atoms with Crippen molar-refractivity contribution in [2.45, 2.75) is 32.7 Å². The molecule has 0 saturated heterocycles. The van der Waals surface area contributed by atoms with E-state index in [9.17, 15) is 0 Å². The molecular weight excluding hydrogens is 254 g/mol. The highest BCUT2D eigenvalue weighted by atomic mass is 35.5. The summed E-state index contributed by atoms with van der Waals surface area (Å²) in [5.74, 6) is 0. The fraction of sp³-hybridized carbons (Fsp3) is 0.294. The van der Waals surface area contributed by atoms with Gasteiger partial charge in [-0.3, -0.25) is 0 Å². The third kappa shape index (κ3) is 3.74. The topological polar surface area (TPSA) is 12.0 Å². The van der Waals surface area contributed by atoms with Crippen molar-refractivity contribution in [2.75, 3.05) is 5.32 Å². The maximum Gasteiger partial charge on any atom is 0.0637 e. The zero-order chi connectivity index (χ0) is 13.7. The summed E-state index contributed by atoms with van der Waals surface area (Å²) in [6.07, 6.45) is 2.23. The molecule has 0 aliphatic carbocycles. The van der Waals surface area contributed by atoms with Gasteiger partial charge in [0.15, 0.2) is 0 Å². The van der Waals surface area contributed by atoms with E-state index >= 15 is 0 Å². The molecule has 1 atom stereocenters. The van der Waals surface area contributed by atoms with Gasteiger partial charge in [-0.05, 0) is 36.6 Å². The normalized spacial score (nSPS) is 12.2. The first-order valence-corrected chi connectivity index (χ1v) is 7.16. The molecule has 19 heavy (non-hydrogen) atoms. The van der Waals surface area contributed by atoms with Gasteiger partial charge in [0, 0.05) is 0 Å². The predicted octanol–water partition coefficient (Wildman–Crippen LogP) is 5.60. The molecule has 2 aromatic carbocycles. The van der Waals surface area contributed by atoms with Gasteiger partial charge in [-0.2, -0.15) is 0 Å². The summed E-state index contributed by atoms with van der Waals surface area (Å²) in [7, 11) is 0. The van der Waals surface area contributed by atoms with Crippen LogP contribution >= 0.6 is 11.6 Å². The molecule has 100 valence electrons. The van der Waals surface area contributed by atoms with Crippen LogP contribution in [0.4, 0.5) is 5.69 Å². The molecule has 0 saturated carbocycles. The quantitative estimate of drug-likeness (QED) is 0.747. The van der Waals surface area contributed by atoms with Crippen LogP contribution in [-0.4, -0.2) is 0 Å². The minimum atomic E-state index is 0.311. The number of rotatable bonds is 5. The number of halogens is 1. The van der Waals surface area contributed by atoms with E-state index in [1.54, 1.807) is 0 Å². The SMILES string of the molecule is CCCC(Nc1cc(C)ccc1Cl)c1ccccc1. The standard InChI is InChI=1S/C17H20ClN/c1-3-7-16(14-8-5-4-6-9-14)19-17-12-13(2)10-11-15(17)18/h4-6,8-12,16,19H,3,7H2,1-2H3. The van der Waals surface area contributed by atoms with Crippen molar-refractivity contribution < 1.29 is 0 Å². The van der Waals surface area contributed by atoms with Crippen molar-refractivity contribution in [3.63, 3.8) is 0 Å². The Morgan fingerprint density at radius 1 is 1.11 bits per heavy atom. The van der Waals surface area contributed by atoms with E-state index in [-0.39, 0.29) is 0 Å². The van der Waals surface area contributed by atoms with Gasteiger partial charge in [-0.15, -0.1) is 0 Å². The average Bonchev–Trinajstić information content (AvgIpc) is 2.43. The molecule has 1 unspecified atom stereocenters. The second-order valence-electron chi connectivity index (χ2n) is 4.88. The van der Waals surface area contributed by atoms with Crippen molar-refractivity contribution in [3.8, 4) is 0 Å². The highest BCUT2D eigenvalue weighted by Crippen LogP contribution is 2.29. The molecular formula is C17H20ClN. The smallest absolute Gasteiger partial charge is 0.0637 e. The Hall–Kier alpha value is -1.47. The van der Waals surface area contributed by atoms with E-state index in [2.05, 4.69) is 49.5 Å². The number of hydrogen-bond acceptors (Lipinski definition) is 1. The van der Waals surface area contributed by atoms with E-state index < -0.39 is 0 Å². The lowest BCUT2D eigenvalue weighted by molar-refractivity contribution is 0.677. The Morgan fingerprint density at radius 3 is 2.53 bits per heavy atom. The molecule has 0 radical (unpaired) electrons. The summed E-state index contributed by atoms with van der Waals surface area (Å²) < 4.78 is 0. The summed E-state index contributed by atoms with van der Waals surface area (Å²) in [5, 5.41) is 4.35. The van der Waals surface area contributed by atoms with Crippen molar-refractivity contribution >= 4 is 17.3 Å². The molecule has 0 aliphatic rings. The van der Waals surface area contributed by atoms with Gasteiger partial charge in [0.2, 0.25) is 0 Å². The number of anilines is 1. The zero-order valence-corrected chi connectivity index (χ0v) is 12.2. The van der Waals surface area contributed by atoms with Crippen LogP contribution in [0.2, 0.25) is 5.02 Å². The highest BCUT2D eigenvalue weighted by Gasteiger charge is 2.11. The average molecular weight is 274 g/mol. The lowest BCUT2D eigenvalue weighted by Gasteiger charge is -2.21. The van der Waals surface area contributed by atoms with Gasteiger partial charge in [-0.25, -0.2) is 0 Å². The van der Waals surface area contributed by atoms with Crippen molar-refractivity contribution in [1.82, 2.24) is 0 Å². The molecule has 0 aliphatic heterocycles. The summed E-state index contributed by atoms with van der Waals surface area (Å²) in [6.45, 7) is 4.29. The van der Waals surface area contributed by atoms with E-state index in [1.807, 2.05) is 18.2 Å². The lowest BCUT2D eigenvalue weighted by Crippen LogP contribution is -2.10. The Kier molecular flexibility index (Phi) is 4.86. The maximum absolute atomic E-state index is 6.27. The fourth-order valence-electron chi connectivity index (χ4n) is 2.23. The number of nitrogens with one attached hydrogen (secondary N) is 1. The largest absolute Gasteiger partial charge is 0.377 e. The summed E-state index contributed by atoms with van der Waals surface area (Å²) in [4.78, 5) is 0. The van der Waals surface area contributed by atoms with Crippen molar-refractivity contribution in [2.24, 2.45) is 0 Å². The Labute approximate surface area is 120 Å². The first-order chi connectivity index (χ1) is 9.20. The van der Waals surface area contributed by atoms with Gasteiger partial charge >= 0.3 is 0 Å². The molecule has 0 spiro atoms. The van der Waals surface area contributed by atoms with Gasteiger partial charge in [-0.1, -0.05) is 61.3 Å². The van der Waals surface area contributed by atoms with Crippen LogP contribution in [0, 0.1) is 6.92 Å². The van der Waals surface area contributed by atoms with Gasteiger partial charge in [0.05, 0.1) is 16.8 Å². The summed E-state index contributed by atoms with van der Waals surface area (Å²) in [5.41, 5.74) is 3.54. The van der Waals surface area contributed by atoms with Crippen LogP contribution in [-0.2, 0) is 0 Å². The minimum Gasteiger partial charge on any atom is -0.377 e. The van der Waals surface area contributed by atoms with Crippen LogP contribution < -0.4 is 5.32 Å². The Balaban J connectivity index is 2.24. The molecule has 0 amide bonds. The molecule has 0 bridgehead atoms. The number of hydrogen-bond donors (Lipinski definition) is 1. The van der Waals surface area contributed by atoms with Gasteiger partial charge < -0.3 is 5.32 Å². The molecule has 1 N–H and O–H groups in total. The first-order valence-electron chi connectivity index (χ1n) is 6.78. The summed E-state index contributed by atoms with van der Waals surface area (Å²) >= 11 is 6.27. The van der Waals surface area contributed by atoms with Crippen LogP contribution in [0.15, 0.2) is 48.5 Å². The van der Waals surface area contributed by atoms with Crippen LogP contribution in [0.3, 0.4) is 0 Å². The summed E-state index contributed by atoms with van der Waals surface area (Å²) in [6, 6.07) is 16.9. The van der Waals surface area contributed by atoms with Crippen molar-refractivity contribution in [1.29, 1.82) is 0 Å². The minimum absolute atomic E-state index is 0.311. The highest BCUT2D eigenvalue weighted by molar-refractivity contribution is 6.33. The van der Waals surface area contributed by atoms with Crippen LogP contribution in [0.1, 0.15) is 36.9 Å². The molecule has 2 heteroatoms. The zero-order valence-electron chi connectivity index (χ0n) is 11.5. The second-order valence-corrected chi connectivity index (χ2v) is 5.29. The monoisotopic (exact) mass is 273 g/mol. The second kappa shape index (κ2) is 6.63. The van der Waals surface area contributed by atoms with E-state index in [1.165, 1.54) is 11.1 Å². The number of benzene rings is 2. The van der Waals surface area contributed by atoms with Gasteiger partial charge in [0.1, 0.15) is 0 Å². The number of aryl methyl sites for hydroxylation is 1. The third-order valence-electron chi connectivity index (χ3n) is 3.23. The van der Waals surface area contributed by atoms with Gasteiger partial charge in [0.25, 0.3) is 0 Å². The van der Waals surface area contributed by atoms with E-state index in [4.69, 9.17) is 11.6 Å². The molecule has 2 aromatic rings. The molecule has 0 fully saturated rings. The van der Waals surface area contributed by atoms with E-state index in [0.717, 1.165) is 23.6 Å². The molecule has 0 heterocycles. The predicted molar refractivity (Wildman–Crippen MR) is 83.9 cm³/mol. The fourth-order valence-corrected chi connectivity index (χ4v) is 2.41. The Bertz CT molecular complexity index is 522. The lowest BCUT2D eigenvalue weighted by atomic mass is 10.0. The van der Waals surface area contributed by atoms with E-state index in [0.29, 0.717) is 6.04 Å². The molecule has 0 aromatic heterocycles. The first kappa shape index (κ1) is 14.0. The molecule has 1 nitrogen and oxygen atoms in total. The third-order valence-corrected chi connectivity index (χ3v) is 3.56. The molecule has 2 rings (SSSR count). The van der Waals surface area contributed by atoms with Crippen LogP contribution in [0.25, 0.3) is 0 Å².